The van der Waals surface area contributed by atoms with Gasteiger partial charge in [-0.3, -0.25) is 0 Å². The van der Waals surface area contributed by atoms with Gasteiger partial charge >= 0.3 is 0 Å². The summed E-state index contributed by atoms with van der Waals surface area (Å²) in [6.45, 7) is 7.89. The standard InChI is InChI=1S/C18H23NO/c1-17(2)15-8-9-18(17,3)16(10-15)20-12-14-6-4-13(11-19)5-7-14/h4-7,15-16H,8-10,12H2,1-3H3. The summed E-state index contributed by atoms with van der Waals surface area (Å²) in [7, 11) is 0. The lowest BCUT2D eigenvalue weighted by atomic mass is 9.70. The third kappa shape index (κ3) is 1.88. The normalized spacial score (nSPS) is 34.1. The smallest absolute Gasteiger partial charge is 0.0991 e. The van der Waals surface area contributed by atoms with Crippen molar-refractivity contribution >= 4 is 0 Å². The predicted molar refractivity (Wildman–Crippen MR) is 79.0 cm³/mol. The summed E-state index contributed by atoms with van der Waals surface area (Å²) in [5.74, 6) is 0.818. The van der Waals surface area contributed by atoms with Crippen LogP contribution in [-0.4, -0.2) is 6.10 Å². The van der Waals surface area contributed by atoms with E-state index in [9.17, 15) is 0 Å². The van der Waals surface area contributed by atoms with Crippen LogP contribution in [0.1, 0.15) is 51.2 Å². The molecular weight excluding hydrogens is 246 g/mol. The topological polar surface area (TPSA) is 33.0 Å². The first kappa shape index (κ1) is 13.6. The summed E-state index contributed by atoms with van der Waals surface area (Å²) in [6.07, 6.45) is 4.25. The van der Waals surface area contributed by atoms with E-state index in [2.05, 4.69) is 26.8 Å². The van der Waals surface area contributed by atoms with Gasteiger partial charge < -0.3 is 4.74 Å². The molecule has 2 fully saturated rings. The first-order valence-electron chi connectivity index (χ1n) is 7.58. The van der Waals surface area contributed by atoms with Crippen molar-refractivity contribution < 1.29 is 4.74 Å². The van der Waals surface area contributed by atoms with Gasteiger partial charge in [-0.1, -0.05) is 32.9 Å². The van der Waals surface area contributed by atoms with Gasteiger partial charge in [-0.05, 0) is 53.7 Å². The van der Waals surface area contributed by atoms with Crippen LogP contribution in [0.25, 0.3) is 0 Å². The molecule has 2 nitrogen and oxygen atoms in total. The lowest BCUT2D eigenvalue weighted by molar-refractivity contribution is -0.0550. The Morgan fingerprint density at radius 2 is 1.95 bits per heavy atom. The molecule has 0 aromatic heterocycles. The monoisotopic (exact) mass is 269 g/mol. The van der Waals surface area contributed by atoms with Gasteiger partial charge in [0.25, 0.3) is 0 Å². The minimum atomic E-state index is 0.324. The average molecular weight is 269 g/mol. The number of hydrogen-bond acceptors (Lipinski definition) is 2. The molecule has 20 heavy (non-hydrogen) atoms. The minimum Gasteiger partial charge on any atom is -0.373 e. The zero-order chi connectivity index (χ0) is 14.4. The van der Waals surface area contributed by atoms with Gasteiger partial charge in [-0.25, -0.2) is 0 Å². The molecule has 2 bridgehead atoms. The Bertz CT molecular complexity index is 540. The first-order valence-corrected chi connectivity index (χ1v) is 7.58. The van der Waals surface area contributed by atoms with Gasteiger partial charge in [0.15, 0.2) is 0 Å². The van der Waals surface area contributed by atoms with Crippen molar-refractivity contribution in [3.63, 3.8) is 0 Å². The highest BCUT2D eigenvalue weighted by Gasteiger charge is 2.61. The van der Waals surface area contributed by atoms with Crippen molar-refractivity contribution in [1.82, 2.24) is 0 Å². The maximum Gasteiger partial charge on any atom is 0.0991 e. The van der Waals surface area contributed by atoms with E-state index in [1.807, 2.05) is 24.3 Å². The van der Waals surface area contributed by atoms with E-state index in [1.165, 1.54) is 19.3 Å². The Morgan fingerprint density at radius 3 is 2.45 bits per heavy atom. The Hall–Kier alpha value is -1.33. The van der Waals surface area contributed by atoms with Gasteiger partial charge in [0, 0.05) is 0 Å². The summed E-state index contributed by atoms with van der Waals surface area (Å²) in [4.78, 5) is 0. The Kier molecular flexibility index (Phi) is 3.14. The van der Waals surface area contributed by atoms with Crippen molar-refractivity contribution in [2.45, 2.75) is 52.7 Å². The van der Waals surface area contributed by atoms with Crippen LogP contribution >= 0.6 is 0 Å². The third-order valence-electron chi connectivity index (χ3n) is 6.25. The number of hydrogen-bond donors (Lipinski definition) is 0. The van der Waals surface area contributed by atoms with Crippen LogP contribution in [0.3, 0.4) is 0 Å². The number of nitriles is 1. The van der Waals surface area contributed by atoms with E-state index in [0.717, 1.165) is 11.5 Å². The molecule has 3 unspecified atom stereocenters. The average Bonchev–Trinajstić information content (AvgIpc) is 2.78. The number of fused-ring (bicyclic) bond motifs is 2. The lowest BCUT2D eigenvalue weighted by Crippen LogP contribution is -2.37. The predicted octanol–water partition coefficient (Wildman–Crippen LogP) is 4.29. The second-order valence-corrected chi connectivity index (χ2v) is 7.22. The van der Waals surface area contributed by atoms with E-state index < -0.39 is 0 Å². The summed E-state index contributed by atoms with van der Waals surface area (Å²) >= 11 is 0. The van der Waals surface area contributed by atoms with Gasteiger partial charge in [0.05, 0.1) is 24.3 Å². The van der Waals surface area contributed by atoms with Crippen LogP contribution in [0.4, 0.5) is 0 Å². The molecule has 0 amide bonds. The third-order valence-corrected chi connectivity index (χ3v) is 6.25. The van der Waals surface area contributed by atoms with Crippen molar-refractivity contribution in [3.05, 3.63) is 35.4 Å². The number of benzene rings is 1. The largest absolute Gasteiger partial charge is 0.373 e. The summed E-state index contributed by atoms with van der Waals surface area (Å²) in [5.41, 5.74) is 2.60. The van der Waals surface area contributed by atoms with Gasteiger partial charge in [-0.15, -0.1) is 0 Å². The SMILES string of the molecule is CC1(C)C2CCC1(C)C(OCc1ccc(C#N)cc1)C2. The van der Waals surface area contributed by atoms with Crippen LogP contribution in [0.15, 0.2) is 24.3 Å². The molecule has 2 aliphatic rings. The van der Waals surface area contributed by atoms with E-state index in [4.69, 9.17) is 10.00 Å². The fourth-order valence-corrected chi connectivity index (χ4v) is 4.25. The van der Waals surface area contributed by atoms with Crippen LogP contribution in [0, 0.1) is 28.1 Å². The van der Waals surface area contributed by atoms with Crippen molar-refractivity contribution in [2.75, 3.05) is 0 Å². The summed E-state index contributed by atoms with van der Waals surface area (Å²) in [6, 6.07) is 9.88. The quantitative estimate of drug-likeness (QED) is 0.820. The Morgan fingerprint density at radius 1 is 1.25 bits per heavy atom. The second kappa shape index (κ2) is 4.60. The highest BCUT2D eigenvalue weighted by Crippen LogP contribution is 2.66. The number of nitrogens with zero attached hydrogens (tertiary/aromatic N) is 1. The van der Waals surface area contributed by atoms with E-state index in [1.54, 1.807) is 0 Å². The number of ether oxygens (including phenoxy) is 1. The molecule has 0 heterocycles. The van der Waals surface area contributed by atoms with Gasteiger partial charge in [0.1, 0.15) is 0 Å². The molecule has 2 saturated carbocycles. The van der Waals surface area contributed by atoms with Crippen molar-refractivity contribution in [2.24, 2.45) is 16.7 Å². The molecule has 1 aromatic rings. The molecule has 106 valence electrons. The maximum absolute atomic E-state index is 8.81. The molecule has 0 radical (unpaired) electrons. The summed E-state index contributed by atoms with van der Waals surface area (Å²) < 4.78 is 6.25. The lowest BCUT2D eigenvalue weighted by Gasteiger charge is -2.38. The molecule has 0 saturated heterocycles. The zero-order valence-electron chi connectivity index (χ0n) is 12.6. The summed E-state index contributed by atoms with van der Waals surface area (Å²) in [5, 5.41) is 8.81. The molecule has 2 aliphatic carbocycles. The van der Waals surface area contributed by atoms with Gasteiger partial charge in [-0.2, -0.15) is 5.26 Å². The second-order valence-electron chi connectivity index (χ2n) is 7.22. The van der Waals surface area contributed by atoms with Crippen molar-refractivity contribution in [3.8, 4) is 6.07 Å². The molecule has 0 N–H and O–H groups in total. The van der Waals surface area contributed by atoms with Crippen LogP contribution in [-0.2, 0) is 11.3 Å². The molecule has 3 rings (SSSR count). The number of rotatable bonds is 3. The molecule has 2 heteroatoms. The Labute approximate surface area is 121 Å². The molecule has 0 aliphatic heterocycles. The maximum atomic E-state index is 8.81. The molecular formula is C18H23NO. The van der Waals surface area contributed by atoms with Crippen molar-refractivity contribution in [1.29, 1.82) is 5.26 Å². The molecule has 0 spiro atoms. The fraction of sp³-hybridized carbons (Fsp3) is 0.611. The van der Waals surface area contributed by atoms with Crippen LogP contribution in [0.2, 0.25) is 0 Å². The van der Waals surface area contributed by atoms with Crippen LogP contribution < -0.4 is 0 Å². The highest BCUT2D eigenvalue weighted by molar-refractivity contribution is 5.31. The zero-order valence-corrected chi connectivity index (χ0v) is 12.6. The van der Waals surface area contributed by atoms with E-state index in [-0.39, 0.29) is 0 Å². The Balaban J connectivity index is 1.66. The molecule has 3 atom stereocenters. The minimum absolute atomic E-state index is 0.324. The van der Waals surface area contributed by atoms with Gasteiger partial charge in [0.2, 0.25) is 0 Å². The fourth-order valence-electron chi connectivity index (χ4n) is 4.25. The van der Waals surface area contributed by atoms with Crippen LogP contribution in [0.5, 0.6) is 0 Å². The highest BCUT2D eigenvalue weighted by atomic mass is 16.5. The van der Waals surface area contributed by atoms with E-state index in [0.29, 0.717) is 29.1 Å². The van der Waals surface area contributed by atoms with E-state index >= 15 is 0 Å². The first-order chi connectivity index (χ1) is 9.47. The molecule has 1 aromatic carbocycles.